The number of carbonyl (C=O) groups is 2. The highest BCUT2D eigenvalue weighted by Gasteiger charge is 2.40. The number of ether oxygens (including phenoxy) is 2. The van der Waals surface area contributed by atoms with Crippen molar-refractivity contribution in [3.63, 3.8) is 0 Å². The second-order valence-corrected chi connectivity index (χ2v) is 7.83. The highest BCUT2D eigenvalue weighted by molar-refractivity contribution is 6.30. The highest BCUT2D eigenvalue weighted by Crippen LogP contribution is 2.25. The van der Waals surface area contributed by atoms with Crippen LogP contribution in [-0.2, 0) is 20.7 Å². The molecule has 0 spiro atoms. The van der Waals surface area contributed by atoms with Crippen molar-refractivity contribution < 1.29 is 19.1 Å². The first-order valence-electron chi connectivity index (χ1n) is 9.49. The van der Waals surface area contributed by atoms with E-state index in [0.717, 1.165) is 11.1 Å². The Morgan fingerprint density at radius 3 is 2.52 bits per heavy atom. The Bertz CT molecular complexity index is 854. The molecule has 2 N–H and O–H groups in total. The number of halogens is 1. The predicted molar refractivity (Wildman–Crippen MR) is 111 cm³/mol. The normalized spacial score (nSPS) is 19.0. The largest absolute Gasteiger partial charge is 0.490 e. The molecule has 1 saturated heterocycles. The Kier molecular flexibility index (Phi) is 6.77. The van der Waals surface area contributed by atoms with Crippen molar-refractivity contribution in [2.45, 2.75) is 25.4 Å². The average Bonchev–Trinajstić information content (AvgIpc) is 2.69. The van der Waals surface area contributed by atoms with Gasteiger partial charge in [0.15, 0.2) is 0 Å². The second-order valence-electron chi connectivity index (χ2n) is 7.39. The van der Waals surface area contributed by atoms with Crippen molar-refractivity contribution in [1.29, 1.82) is 0 Å². The average molecular weight is 417 g/mol. The van der Waals surface area contributed by atoms with Crippen LogP contribution in [0.3, 0.4) is 0 Å². The van der Waals surface area contributed by atoms with E-state index >= 15 is 0 Å². The van der Waals surface area contributed by atoms with Crippen LogP contribution in [0.5, 0.6) is 5.75 Å². The van der Waals surface area contributed by atoms with E-state index in [9.17, 15) is 9.59 Å². The van der Waals surface area contributed by atoms with Gasteiger partial charge in [0.05, 0.1) is 26.0 Å². The molecule has 1 fully saturated rings. The van der Waals surface area contributed by atoms with Gasteiger partial charge in [0.1, 0.15) is 18.0 Å². The molecule has 2 aromatic carbocycles. The number of benzene rings is 2. The number of carbonyl (C=O) groups excluding carboxylic acids is 2. The van der Waals surface area contributed by atoms with Crippen molar-refractivity contribution in [2.24, 2.45) is 5.73 Å². The van der Waals surface area contributed by atoms with Crippen molar-refractivity contribution in [1.82, 2.24) is 4.90 Å². The molecule has 0 aliphatic carbocycles. The van der Waals surface area contributed by atoms with Crippen LogP contribution >= 0.6 is 11.6 Å². The molecule has 1 aliphatic heterocycles. The number of aryl methyl sites for hydroxylation is 1. The zero-order chi connectivity index (χ0) is 20.9. The third-order valence-corrected chi connectivity index (χ3v) is 5.14. The van der Waals surface area contributed by atoms with Gasteiger partial charge >= 0.3 is 0 Å². The van der Waals surface area contributed by atoms with Crippen LogP contribution < -0.4 is 10.5 Å². The number of hydrogen-bond donors (Lipinski definition) is 1. The maximum Gasteiger partial charge on any atom is 0.227 e. The third-order valence-electron chi connectivity index (χ3n) is 4.89. The first-order chi connectivity index (χ1) is 13.8. The molecule has 7 heteroatoms. The molecule has 1 heterocycles. The minimum Gasteiger partial charge on any atom is -0.490 e. The van der Waals surface area contributed by atoms with Crippen LogP contribution in [0.15, 0.2) is 48.5 Å². The number of morpholine rings is 1. The van der Waals surface area contributed by atoms with Gasteiger partial charge < -0.3 is 20.1 Å². The van der Waals surface area contributed by atoms with E-state index < -0.39 is 11.5 Å². The summed E-state index contributed by atoms with van der Waals surface area (Å²) < 4.78 is 11.8. The molecule has 2 amide bonds. The maximum atomic E-state index is 12.8. The third kappa shape index (κ3) is 5.95. The van der Waals surface area contributed by atoms with Gasteiger partial charge in [-0.15, -0.1) is 0 Å². The summed E-state index contributed by atoms with van der Waals surface area (Å²) in [6.07, 6.45) is 0.264. The lowest BCUT2D eigenvalue weighted by molar-refractivity contribution is -0.161. The summed E-state index contributed by atoms with van der Waals surface area (Å²) in [5.41, 5.74) is 6.58. The van der Waals surface area contributed by atoms with Crippen LogP contribution in [0.4, 0.5) is 0 Å². The van der Waals surface area contributed by atoms with E-state index in [2.05, 4.69) is 0 Å². The SMILES string of the molecule is Cc1ccc(CC(=O)N2CCO[C@](COc3ccc(Cl)cc3)(CC(N)=O)C2)cc1. The summed E-state index contributed by atoms with van der Waals surface area (Å²) in [4.78, 5) is 26.3. The Morgan fingerprint density at radius 2 is 1.86 bits per heavy atom. The first-order valence-corrected chi connectivity index (χ1v) is 9.87. The van der Waals surface area contributed by atoms with E-state index in [0.29, 0.717) is 30.3 Å². The van der Waals surface area contributed by atoms with Gasteiger partial charge in [0, 0.05) is 11.6 Å². The summed E-state index contributed by atoms with van der Waals surface area (Å²) in [5, 5.41) is 0.603. The fourth-order valence-corrected chi connectivity index (χ4v) is 3.48. The fourth-order valence-electron chi connectivity index (χ4n) is 3.36. The molecule has 1 aliphatic rings. The molecule has 0 unspecified atom stereocenters. The van der Waals surface area contributed by atoms with Crippen LogP contribution in [0.1, 0.15) is 17.5 Å². The lowest BCUT2D eigenvalue weighted by Gasteiger charge is -2.42. The van der Waals surface area contributed by atoms with Gasteiger partial charge in [-0.1, -0.05) is 41.4 Å². The van der Waals surface area contributed by atoms with Crippen LogP contribution in [0.2, 0.25) is 5.02 Å². The highest BCUT2D eigenvalue weighted by atomic mass is 35.5. The smallest absolute Gasteiger partial charge is 0.227 e. The molecule has 3 rings (SSSR count). The summed E-state index contributed by atoms with van der Waals surface area (Å²) >= 11 is 5.90. The number of hydrogen-bond acceptors (Lipinski definition) is 4. The standard InChI is InChI=1S/C22H25ClN2O4/c1-16-2-4-17(5-3-16)12-21(27)25-10-11-29-22(14-25,13-20(24)26)15-28-19-8-6-18(23)7-9-19/h2-9H,10-15H2,1H3,(H2,24,26)/t22-/m1/s1. The van der Waals surface area contributed by atoms with Gasteiger partial charge in [0.2, 0.25) is 11.8 Å². The Hall–Kier alpha value is -2.57. The Morgan fingerprint density at radius 1 is 1.17 bits per heavy atom. The van der Waals surface area contributed by atoms with E-state index in [1.165, 1.54) is 0 Å². The van der Waals surface area contributed by atoms with Crippen LogP contribution in [-0.4, -0.2) is 48.6 Å². The molecule has 6 nitrogen and oxygen atoms in total. The molecule has 0 saturated carbocycles. The topological polar surface area (TPSA) is 81.9 Å². The summed E-state index contributed by atoms with van der Waals surface area (Å²) in [6.45, 7) is 3.13. The second kappa shape index (κ2) is 9.29. The quantitative estimate of drug-likeness (QED) is 0.752. The predicted octanol–water partition coefficient (Wildman–Crippen LogP) is 2.74. The van der Waals surface area contributed by atoms with Crippen LogP contribution in [0.25, 0.3) is 0 Å². The molecule has 0 aromatic heterocycles. The van der Waals surface area contributed by atoms with E-state index in [1.807, 2.05) is 31.2 Å². The van der Waals surface area contributed by atoms with Gasteiger partial charge in [-0.05, 0) is 36.8 Å². The minimum absolute atomic E-state index is 0.0162. The van der Waals surface area contributed by atoms with E-state index in [1.54, 1.807) is 29.2 Å². The lowest BCUT2D eigenvalue weighted by atomic mass is 9.97. The van der Waals surface area contributed by atoms with Gasteiger partial charge in [-0.3, -0.25) is 9.59 Å². The monoisotopic (exact) mass is 416 g/mol. The maximum absolute atomic E-state index is 12.8. The zero-order valence-electron chi connectivity index (χ0n) is 16.4. The van der Waals surface area contributed by atoms with Crippen molar-refractivity contribution in [2.75, 3.05) is 26.3 Å². The number of rotatable bonds is 7. The van der Waals surface area contributed by atoms with Gasteiger partial charge in [-0.2, -0.15) is 0 Å². The summed E-state index contributed by atoms with van der Waals surface area (Å²) in [6, 6.07) is 14.8. The first kappa shape index (κ1) is 21.1. The Balaban J connectivity index is 1.69. The van der Waals surface area contributed by atoms with Gasteiger partial charge in [-0.25, -0.2) is 0 Å². The number of primary amides is 1. The van der Waals surface area contributed by atoms with Crippen LogP contribution in [0, 0.1) is 6.92 Å². The van der Waals surface area contributed by atoms with Crippen molar-refractivity contribution >= 4 is 23.4 Å². The van der Waals surface area contributed by atoms with Crippen molar-refractivity contribution in [3.05, 3.63) is 64.7 Å². The molecule has 0 bridgehead atoms. The lowest BCUT2D eigenvalue weighted by Crippen LogP contribution is -2.58. The zero-order valence-corrected chi connectivity index (χ0v) is 17.2. The molecular formula is C22H25ClN2O4. The number of amides is 2. The number of nitrogens with two attached hydrogens (primary N) is 1. The summed E-state index contributed by atoms with van der Waals surface area (Å²) in [7, 11) is 0. The van der Waals surface area contributed by atoms with E-state index in [-0.39, 0.29) is 25.5 Å². The summed E-state index contributed by atoms with van der Waals surface area (Å²) in [5.74, 6) is 0.0833. The molecule has 154 valence electrons. The number of nitrogens with zero attached hydrogens (tertiary/aromatic N) is 1. The van der Waals surface area contributed by atoms with E-state index in [4.69, 9.17) is 26.8 Å². The molecule has 29 heavy (non-hydrogen) atoms. The molecule has 2 aromatic rings. The fraction of sp³-hybridized carbons (Fsp3) is 0.364. The molecule has 1 atom stereocenters. The Labute approximate surface area is 175 Å². The molecule has 0 radical (unpaired) electrons. The minimum atomic E-state index is -0.980. The van der Waals surface area contributed by atoms with Crippen molar-refractivity contribution in [3.8, 4) is 5.75 Å². The molecular weight excluding hydrogens is 392 g/mol. The van der Waals surface area contributed by atoms with Gasteiger partial charge in [0.25, 0.3) is 0 Å².